The van der Waals surface area contributed by atoms with Crippen molar-refractivity contribution in [1.82, 2.24) is 0 Å². The maximum atomic E-state index is 12.1. The van der Waals surface area contributed by atoms with Gasteiger partial charge in [-0.05, 0) is 40.5 Å². The zero-order chi connectivity index (χ0) is 40.1. The van der Waals surface area contributed by atoms with Gasteiger partial charge in [0, 0.05) is 19.6 Å². The number of rotatable bonds is 17. The van der Waals surface area contributed by atoms with Gasteiger partial charge in [-0.1, -0.05) is 45.5 Å². The maximum absolute atomic E-state index is 12.1. The topological polar surface area (TPSA) is 57.2 Å². The predicted molar refractivity (Wildman–Crippen MR) is 149 cm³/mol. The molecule has 0 saturated heterocycles. The van der Waals surface area contributed by atoms with Crippen molar-refractivity contribution in [3.05, 3.63) is 0 Å². The lowest BCUT2D eigenvalue weighted by molar-refractivity contribution is -0.245. The normalized spacial score (nSPS) is 12.4. The second-order valence-electron chi connectivity index (χ2n) is 9.22. The number of terminal acetylenes is 1. The van der Waals surface area contributed by atoms with Gasteiger partial charge in [-0.25, -0.2) is 26.3 Å². The fraction of sp³-hybridized carbons (Fsp3) is 0.923. The molecular formula is C26H45F17O5Si. The van der Waals surface area contributed by atoms with E-state index in [4.69, 9.17) is 15.6 Å². The van der Waals surface area contributed by atoms with Crippen molar-refractivity contribution in [1.29, 1.82) is 0 Å². The van der Waals surface area contributed by atoms with Gasteiger partial charge >= 0.3 is 18.5 Å². The number of aliphatic hydroxyl groups is 1. The molecule has 0 fully saturated rings. The highest BCUT2D eigenvalue weighted by Gasteiger charge is 2.34. The molecule has 0 heterocycles. The summed E-state index contributed by atoms with van der Waals surface area (Å²) < 4.78 is 188. The summed E-state index contributed by atoms with van der Waals surface area (Å²) in [6, 6.07) is 3.24. The molecule has 0 bridgehead atoms. The number of unbranched alkanes of at least 4 members (excludes halogenated alkanes) is 2. The van der Waals surface area contributed by atoms with Crippen LogP contribution in [0.3, 0.4) is 0 Å². The minimum atomic E-state index is -4.62. The van der Waals surface area contributed by atoms with Crippen LogP contribution in [0.2, 0.25) is 18.1 Å². The van der Waals surface area contributed by atoms with Crippen LogP contribution in [0.4, 0.5) is 74.9 Å². The van der Waals surface area contributed by atoms with Crippen LogP contribution in [-0.4, -0.2) is 91.4 Å². The first-order valence-electron chi connectivity index (χ1n) is 13.9. The fourth-order valence-corrected chi connectivity index (χ4v) is 7.31. The van der Waals surface area contributed by atoms with E-state index < -0.39 is 73.1 Å². The first-order valence-corrected chi connectivity index (χ1v) is 16.4. The third-order valence-electron chi connectivity index (χ3n) is 4.87. The van der Waals surface area contributed by atoms with E-state index in [0.29, 0.717) is 19.6 Å². The maximum Gasteiger partial charge on any atom is 0.416 e. The van der Waals surface area contributed by atoms with Crippen LogP contribution in [0.1, 0.15) is 59.3 Å². The summed E-state index contributed by atoms with van der Waals surface area (Å²) in [7, 11) is -1.88. The number of hydrogen-bond acceptors (Lipinski definition) is 5. The zero-order valence-electron chi connectivity index (χ0n) is 27.1. The smallest absolute Gasteiger partial charge is 0.416 e. The molecule has 0 aromatic heterocycles. The molecule has 0 radical (unpaired) electrons. The third kappa shape index (κ3) is 65.4. The van der Waals surface area contributed by atoms with E-state index in [9.17, 15) is 80.0 Å². The van der Waals surface area contributed by atoms with Crippen LogP contribution in [0, 0.1) is 12.3 Å². The summed E-state index contributed by atoms with van der Waals surface area (Å²) in [5.74, 6) is 2.40. The standard InChI is InChI=1S/C18H35FO3Si.2C2H2F4O.C2H2F4.2CH2F2/c1-5-8-14-23(15-9-6-2,16-10-12-21-17-19)22-13-11-18(4,20)7-3;2*3-2(4,5)1-7-6;3-1-2(4,5)6;2*2-1-3/h3,20H,5-6,8-17H2,1-2,4H3;2*1H2;1H2;2*1H2. The van der Waals surface area contributed by atoms with Crippen molar-refractivity contribution in [2.45, 2.75) is 102 Å². The Morgan fingerprint density at radius 1 is 0.653 bits per heavy atom. The molecule has 0 aliphatic heterocycles. The molecule has 0 aliphatic rings. The Kier molecular flexibility index (Phi) is 45.7. The first kappa shape index (κ1) is 59.5. The highest BCUT2D eigenvalue weighted by atomic mass is 28.4. The first-order chi connectivity index (χ1) is 22.5. The number of hydrogen-bond donors (Lipinski definition) is 1. The van der Waals surface area contributed by atoms with Crippen LogP contribution < -0.4 is 0 Å². The minimum Gasteiger partial charge on any atom is -0.417 e. The van der Waals surface area contributed by atoms with E-state index in [1.807, 2.05) is 0 Å². The molecule has 0 aromatic carbocycles. The zero-order valence-corrected chi connectivity index (χ0v) is 28.1. The summed E-state index contributed by atoms with van der Waals surface area (Å²) in [4.78, 5) is 4.56. The minimum absolute atomic E-state index is 0.453. The number of alkyl halides is 15. The molecular weight excluding hydrogens is 743 g/mol. The molecule has 0 saturated carbocycles. The molecule has 5 nitrogen and oxygen atoms in total. The van der Waals surface area contributed by atoms with E-state index in [-0.39, 0.29) is 0 Å². The van der Waals surface area contributed by atoms with Crippen LogP contribution in [0.5, 0.6) is 0 Å². The highest BCUT2D eigenvalue weighted by Crippen LogP contribution is 2.30. The molecule has 0 aromatic rings. The Labute approximate surface area is 275 Å². The van der Waals surface area contributed by atoms with Crippen molar-refractivity contribution >= 4 is 8.32 Å². The second kappa shape index (κ2) is 37.6. The molecule has 1 unspecified atom stereocenters. The molecule has 49 heavy (non-hydrogen) atoms. The molecule has 0 aliphatic carbocycles. The molecule has 0 amide bonds. The Balaban J connectivity index is -0.000000144. The van der Waals surface area contributed by atoms with Crippen molar-refractivity contribution in [3.8, 4) is 12.3 Å². The number of ether oxygens (including phenoxy) is 1. The summed E-state index contributed by atoms with van der Waals surface area (Å²) in [5.41, 5.74) is -1.10. The average Bonchev–Trinajstić information content (AvgIpc) is 2.97. The summed E-state index contributed by atoms with van der Waals surface area (Å²) in [6.07, 6.45) is -2.48. The van der Waals surface area contributed by atoms with E-state index in [1.54, 1.807) is 6.92 Å². The lowest BCUT2D eigenvalue weighted by Crippen LogP contribution is -2.40. The quantitative estimate of drug-likeness (QED) is 0.0689. The lowest BCUT2D eigenvalue weighted by Gasteiger charge is -2.33. The largest absolute Gasteiger partial charge is 0.417 e. The summed E-state index contributed by atoms with van der Waals surface area (Å²) >= 11 is 0. The van der Waals surface area contributed by atoms with Gasteiger partial charge in [0.05, 0.1) is 0 Å². The Hall–Kier alpha value is -1.61. The third-order valence-corrected chi connectivity index (χ3v) is 9.48. The van der Waals surface area contributed by atoms with Gasteiger partial charge in [-0.15, -0.1) is 6.42 Å². The molecule has 0 rings (SSSR count). The van der Waals surface area contributed by atoms with E-state index in [0.717, 1.165) is 50.2 Å². The number of halogens is 17. The van der Waals surface area contributed by atoms with Crippen LogP contribution in [0.15, 0.2) is 0 Å². The molecule has 23 heteroatoms. The van der Waals surface area contributed by atoms with E-state index >= 15 is 0 Å². The van der Waals surface area contributed by atoms with Gasteiger partial charge in [0.2, 0.25) is 13.9 Å². The van der Waals surface area contributed by atoms with E-state index in [1.165, 1.54) is 0 Å². The Bertz CT molecular complexity index is 667. The van der Waals surface area contributed by atoms with Gasteiger partial charge in [-0.3, -0.25) is 0 Å². The van der Waals surface area contributed by atoms with Gasteiger partial charge < -0.3 is 14.3 Å². The summed E-state index contributed by atoms with van der Waals surface area (Å²) in [5, 5.41) is 9.96. The Morgan fingerprint density at radius 3 is 1.22 bits per heavy atom. The molecule has 1 N–H and O–H groups in total. The van der Waals surface area contributed by atoms with Crippen molar-refractivity contribution in [2.75, 3.05) is 53.8 Å². The SMILES string of the molecule is C#CC(C)(O)CCO[Si](CCCC)(CCCC)CCCOCF.FCC(F)(F)F.FCF.FCF.FOCC(F)(F)F.FOCC(F)(F)F. The van der Waals surface area contributed by atoms with Gasteiger partial charge in [-0.2, -0.15) is 49.4 Å². The monoisotopic (exact) mass is 788 g/mol. The van der Waals surface area contributed by atoms with Gasteiger partial charge in [0.25, 0.3) is 0 Å². The van der Waals surface area contributed by atoms with Crippen LogP contribution in [-0.2, 0) is 19.0 Å². The van der Waals surface area contributed by atoms with Crippen molar-refractivity contribution in [3.63, 3.8) is 0 Å². The van der Waals surface area contributed by atoms with Gasteiger partial charge in [0.1, 0.15) is 5.60 Å². The molecule has 0 spiro atoms. The highest BCUT2D eigenvalue weighted by molar-refractivity contribution is 6.73. The fourth-order valence-electron chi connectivity index (χ4n) is 2.80. The van der Waals surface area contributed by atoms with Crippen molar-refractivity contribution < 1.29 is 99.1 Å². The summed E-state index contributed by atoms with van der Waals surface area (Å²) in [6.45, 7) is -3.12. The molecule has 1 atom stereocenters. The second-order valence-corrected chi connectivity index (χ2v) is 13.4. The Morgan fingerprint density at radius 2 is 1.00 bits per heavy atom. The lowest BCUT2D eigenvalue weighted by atomic mass is 10.1. The van der Waals surface area contributed by atoms with Crippen LogP contribution in [0.25, 0.3) is 0 Å². The van der Waals surface area contributed by atoms with Crippen molar-refractivity contribution in [2.24, 2.45) is 0 Å². The predicted octanol–water partition coefficient (Wildman–Crippen LogP) is 10.8. The van der Waals surface area contributed by atoms with Crippen LogP contribution >= 0.6 is 0 Å². The van der Waals surface area contributed by atoms with E-state index in [2.05, 4.69) is 29.7 Å². The average molecular weight is 789 g/mol. The molecule has 302 valence electrons. The van der Waals surface area contributed by atoms with Gasteiger partial charge in [0.15, 0.2) is 35.1 Å².